The van der Waals surface area contributed by atoms with E-state index in [0.717, 1.165) is 18.8 Å². The van der Waals surface area contributed by atoms with Gasteiger partial charge in [-0.2, -0.15) is 4.31 Å². The van der Waals surface area contributed by atoms with Gasteiger partial charge in [-0.3, -0.25) is 0 Å². The van der Waals surface area contributed by atoms with Crippen molar-refractivity contribution in [2.45, 2.75) is 18.4 Å². The van der Waals surface area contributed by atoms with Crippen LogP contribution in [0, 0.1) is 6.92 Å². The molecule has 28 heavy (non-hydrogen) atoms. The Morgan fingerprint density at radius 1 is 1.11 bits per heavy atom. The minimum absolute atomic E-state index is 0.245. The smallest absolute Gasteiger partial charge is 0.244 e. The lowest BCUT2D eigenvalue weighted by Gasteiger charge is -2.31. The van der Waals surface area contributed by atoms with Crippen molar-refractivity contribution in [3.05, 3.63) is 47.7 Å². The Hall–Kier alpha value is -2.16. The molecule has 1 aromatic carbocycles. The van der Waals surface area contributed by atoms with Crippen molar-refractivity contribution in [3.63, 3.8) is 0 Å². The zero-order chi connectivity index (χ0) is 20.3. The maximum absolute atomic E-state index is 12.8. The Labute approximate surface area is 168 Å². The fourth-order valence-corrected chi connectivity index (χ4v) is 4.53. The first-order valence-electron chi connectivity index (χ1n) is 9.43. The molecule has 0 amide bonds. The normalized spacial score (nSPS) is 16.1. The van der Waals surface area contributed by atoms with Crippen LogP contribution >= 0.6 is 0 Å². The average molecular weight is 404 g/mol. The van der Waals surface area contributed by atoms with Gasteiger partial charge < -0.3 is 15.1 Å². The summed E-state index contributed by atoms with van der Waals surface area (Å²) in [4.78, 5) is 8.76. The van der Waals surface area contributed by atoms with Crippen LogP contribution in [-0.2, 0) is 16.6 Å². The molecule has 1 fully saturated rings. The Morgan fingerprint density at radius 3 is 2.39 bits per heavy atom. The van der Waals surface area contributed by atoms with E-state index >= 15 is 0 Å². The van der Waals surface area contributed by atoms with E-state index in [4.69, 9.17) is 0 Å². The molecule has 8 heteroatoms. The quantitative estimate of drug-likeness (QED) is 0.796. The third kappa shape index (κ3) is 4.63. The third-order valence-electron chi connectivity index (χ3n) is 5.14. The zero-order valence-electron chi connectivity index (χ0n) is 17.0. The van der Waals surface area contributed by atoms with E-state index in [2.05, 4.69) is 45.2 Å². The Balaban J connectivity index is 1.65. The summed E-state index contributed by atoms with van der Waals surface area (Å²) in [6.45, 7) is 5.25. The highest BCUT2D eigenvalue weighted by atomic mass is 32.2. The standard InChI is InChI=1S/C20H29N5O2S/c1-16-13-18(23(2)3)6-5-17(16)14-21-20-8-7-19(15-22-20)28(26,27)25-11-9-24(4)10-12-25/h5-8,13,15H,9-12,14H2,1-4H3,(H,21,22). The molecule has 0 aliphatic carbocycles. The first-order chi connectivity index (χ1) is 13.3. The highest BCUT2D eigenvalue weighted by molar-refractivity contribution is 7.89. The van der Waals surface area contributed by atoms with Crippen molar-refractivity contribution in [1.82, 2.24) is 14.2 Å². The molecule has 152 valence electrons. The van der Waals surface area contributed by atoms with Gasteiger partial charge in [0.05, 0.1) is 0 Å². The number of nitrogens with one attached hydrogen (secondary N) is 1. The van der Waals surface area contributed by atoms with Gasteiger partial charge >= 0.3 is 0 Å². The molecular formula is C20H29N5O2S. The number of anilines is 2. The fourth-order valence-electron chi connectivity index (χ4n) is 3.16. The number of sulfonamides is 1. The number of nitrogens with zero attached hydrogens (tertiary/aromatic N) is 4. The first-order valence-corrected chi connectivity index (χ1v) is 10.9. The molecule has 7 nitrogen and oxygen atoms in total. The van der Waals surface area contributed by atoms with Crippen LogP contribution in [-0.4, -0.2) is 69.9 Å². The molecule has 2 aromatic rings. The van der Waals surface area contributed by atoms with E-state index in [1.165, 1.54) is 21.6 Å². The van der Waals surface area contributed by atoms with Gasteiger partial charge in [-0.25, -0.2) is 13.4 Å². The van der Waals surface area contributed by atoms with Gasteiger partial charge in [-0.05, 0) is 49.4 Å². The first kappa shape index (κ1) is 20.6. The molecule has 0 atom stereocenters. The highest BCUT2D eigenvalue weighted by Gasteiger charge is 2.27. The van der Waals surface area contributed by atoms with Crippen LogP contribution in [0.2, 0.25) is 0 Å². The van der Waals surface area contributed by atoms with Gasteiger partial charge in [-0.1, -0.05) is 6.07 Å². The SMILES string of the molecule is Cc1cc(N(C)C)ccc1CNc1ccc(S(=O)(=O)N2CCN(C)CC2)cn1. The summed E-state index contributed by atoms with van der Waals surface area (Å²) in [6.07, 6.45) is 1.44. The molecule has 1 aliphatic rings. The molecule has 1 N–H and O–H groups in total. The van der Waals surface area contributed by atoms with Crippen molar-refractivity contribution in [2.24, 2.45) is 0 Å². The number of rotatable bonds is 6. The maximum atomic E-state index is 12.8. The van der Waals surface area contributed by atoms with Crippen molar-refractivity contribution in [2.75, 3.05) is 57.5 Å². The molecule has 0 spiro atoms. The Kier molecular flexibility index (Phi) is 6.22. The number of benzene rings is 1. The molecule has 0 unspecified atom stereocenters. The summed E-state index contributed by atoms with van der Waals surface area (Å²) in [5.41, 5.74) is 3.55. The number of piperazine rings is 1. The molecule has 2 heterocycles. The second-order valence-corrected chi connectivity index (χ2v) is 9.38. The minimum atomic E-state index is -3.48. The second-order valence-electron chi connectivity index (χ2n) is 7.45. The molecule has 1 saturated heterocycles. The summed E-state index contributed by atoms with van der Waals surface area (Å²) < 4.78 is 27.1. The number of pyridine rings is 1. The van der Waals surface area contributed by atoms with E-state index in [1.54, 1.807) is 12.1 Å². The maximum Gasteiger partial charge on any atom is 0.244 e. The largest absolute Gasteiger partial charge is 0.378 e. The minimum Gasteiger partial charge on any atom is -0.378 e. The van der Waals surface area contributed by atoms with Crippen molar-refractivity contribution >= 4 is 21.5 Å². The van der Waals surface area contributed by atoms with Gasteiger partial charge in [0, 0.05) is 58.7 Å². The van der Waals surface area contributed by atoms with E-state index in [9.17, 15) is 8.42 Å². The van der Waals surface area contributed by atoms with Gasteiger partial charge in [0.2, 0.25) is 10.0 Å². The van der Waals surface area contributed by atoms with Crippen molar-refractivity contribution in [3.8, 4) is 0 Å². The molecule has 0 bridgehead atoms. The summed E-state index contributed by atoms with van der Waals surface area (Å²) in [7, 11) is 2.57. The van der Waals surface area contributed by atoms with Gasteiger partial charge in [-0.15, -0.1) is 0 Å². The molecule has 1 aromatic heterocycles. The number of aryl methyl sites for hydroxylation is 1. The van der Waals surface area contributed by atoms with E-state index < -0.39 is 10.0 Å². The van der Waals surface area contributed by atoms with Gasteiger partial charge in [0.15, 0.2) is 0 Å². The van der Waals surface area contributed by atoms with E-state index in [0.29, 0.717) is 25.5 Å². The summed E-state index contributed by atoms with van der Waals surface area (Å²) in [6, 6.07) is 9.70. The summed E-state index contributed by atoms with van der Waals surface area (Å²) >= 11 is 0. The van der Waals surface area contributed by atoms with Crippen LogP contribution in [0.15, 0.2) is 41.4 Å². The van der Waals surface area contributed by atoms with Crippen LogP contribution in [0.3, 0.4) is 0 Å². The monoisotopic (exact) mass is 403 g/mol. The fraction of sp³-hybridized carbons (Fsp3) is 0.450. The van der Waals surface area contributed by atoms with E-state index in [-0.39, 0.29) is 4.90 Å². The molecule has 0 saturated carbocycles. The van der Waals surface area contributed by atoms with Gasteiger partial charge in [0.1, 0.15) is 10.7 Å². The summed E-state index contributed by atoms with van der Waals surface area (Å²) in [5, 5.41) is 3.27. The van der Waals surface area contributed by atoms with Crippen molar-refractivity contribution in [1.29, 1.82) is 0 Å². The van der Waals surface area contributed by atoms with Crippen LogP contribution in [0.4, 0.5) is 11.5 Å². The second kappa shape index (κ2) is 8.46. The topological polar surface area (TPSA) is 68.8 Å². The average Bonchev–Trinajstić information content (AvgIpc) is 2.67. The lowest BCUT2D eigenvalue weighted by atomic mass is 10.1. The lowest BCUT2D eigenvalue weighted by molar-refractivity contribution is 0.222. The predicted octanol–water partition coefficient (Wildman–Crippen LogP) is 2.00. The number of likely N-dealkylation sites (N-methyl/N-ethyl adjacent to an activating group) is 1. The van der Waals surface area contributed by atoms with Crippen molar-refractivity contribution < 1.29 is 8.42 Å². The molecule has 3 rings (SSSR count). The molecule has 1 aliphatic heterocycles. The predicted molar refractivity (Wildman–Crippen MR) is 113 cm³/mol. The molecular weight excluding hydrogens is 374 g/mol. The van der Waals surface area contributed by atoms with Crippen LogP contribution < -0.4 is 10.2 Å². The number of hydrogen-bond acceptors (Lipinski definition) is 6. The Bertz CT molecular complexity index is 905. The van der Waals surface area contributed by atoms with Gasteiger partial charge in [0.25, 0.3) is 0 Å². The van der Waals surface area contributed by atoms with Crippen LogP contribution in [0.1, 0.15) is 11.1 Å². The third-order valence-corrected chi connectivity index (χ3v) is 7.02. The summed E-state index contributed by atoms with van der Waals surface area (Å²) in [5.74, 6) is 0.661. The lowest BCUT2D eigenvalue weighted by Crippen LogP contribution is -2.47. The number of aromatic nitrogens is 1. The number of hydrogen-bond donors (Lipinski definition) is 1. The highest BCUT2D eigenvalue weighted by Crippen LogP contribution is 2.20. The Morgan fingerprint density at radius 2 is 1.82 bits per heavy atom. The zero-order valence-corrected chi connectivity index (χ0v) is 17.8. The van der Waals surface area contributed by atoms with Crippen LogP contribution in [0.5, 0.6) is 0 Å². The van der Waals surface area contributed by atoms with E-state index in [1.807, 2.05) is 21.1 Å². The molecule has 0 radical (unpaired) electrons. The van der Waals surface area contributed by atoms with Crippen LogP contribution in [0.25, 0.3) is 0 Å².